The van der Waals surface area contributed by atoms with Crippen molar-refractivity contribution in [2.45, 2.75) is 12.8 Å². The summed E-state index contributed by atoms with van der Waals surface area (Å²) in [6.07, 6.45) is 0.455. The summed E-state index contributed by atoms with van der Waals surface area (Å²) in [7, 11) is 4.51. The Labute approximate surface area is 144 Å². The quantitative estimate of drug-likeness (QED) is 0.829. The molecule has 25 heavy (non-hydrogen) atoms. The van der Waals surface area contributed by atoms with Crippen molar-refractivity contribution < 1.29 is 27.8 Å². The first-order valence-corrected chi connectivity index (χ1v) is 7.52. The Morgan fingerprint density at radius 1 is 0.960 bits per heavy atom. The second kappa shape index (κ2) is 8.32. The molecule has 0 saturated heterocycles. The van der Waals surface area contributed by atoms with Crippen LogP contribution in [-0.2, 0) is 11.2 Å². The minimum Gasteiger partial charge on any atom is -0.493 e. The molecule has 2 rings (SSSR count). The lowest BCUT2D eigenvalue weighted by atomic mass is 10.1. The Kier molecular flexibility index (Phi) is 6.16. The van der Waals surface area contributed by atoms with Crippen LogP contribution in [0.4, 0.5) is 14.5 Å². The van der Waals surface area contributed by atoms with Gasteiger partial charge in [-0.3, -0.25) is 4.79 Å². The van der Waals surface area contributed by atoms with Gasteiger partial charge in [0.05, 0.1) is 21.3 Å². The number of carbonyl (C=O) groups excluding carboxylic acids is 1. The molecule has 2 aromatic carbocycles. The molecule has 1 N–H and O–H groups in total. The number of carbonyl (C=O) groups is 1. The number of ether oxygens (including phenoxy) is 3. The molecule has 0 aromatic heterocycles. The van der Waals surface area contributed by atoms with Crippen molar-refractivity contribution in [3.63, 3.8) is 0 Å². The molecule has 0 atom stereocenters. The van der Waals surface area contributed by atoms with Gasteiger partial charge >= 0.3 is 0 Å². The summed E-state index contributed by atoms with van der Waals surface area (Å²) >= 11 is 0. The topological polar surface area (TPSA) is 56.8 Å². The monoisotopic (exact) mass is 351 g/mol. The Bertz CT molecular complexity index is 745. The van der Waals surface area contributed by atoms with E-state index in [9.17, 15) is 13.6 Å². The zero-order chi connectivity index (χ0) is 18.4. The maximum absolute atomic E-state index is 13.1. The standard InChI is InChI=1S/C18H19F2NO4/c1-23-15-6-4-11(17(24-2)18(15)25-3)5-7-16(22)21-14-9-12(19)8-13(20)10-14/h4,6,8-10H,5,7H2,1-3H3,(H,21,22). The van der Waals surface area contributed by atoms with Crippen LogP contribution >= 0.6 is 0 Å². The highest BCUT2D eigenvalue weighted by Crippen LogP contribution is 2.40. The van der Waals surface area contributed by atoms with E-state index in [0.717, 1.165) is 23.8 Å². The molecule has 0 aliphatic heterocycles. The normalized spacial score (nSPS) is 10.3. The molecule has 0 spiro atoms. The summed E-state index contributed by atoms with van der Waals surface area (Å²) in [6.45, 7) is 0. The first-order valence-electron chi connectivity index (χ1n) is 7.52. The number of hydrogen-bond acceptors (Lipinski definition) is 4. The zero-order valence-corrected chi connectivity index (χ0v) is 14.2. The summed E-state index contributed by atoms with van der Waals surface area (Å²) in [5, 5.41) is 2.47. The molecule has 0 saturated carbocycles. The molecule has 0 radical (unpaired) electrons. The van der Waals surface area contributed by atoms with Crippen LogP contribution in [0.3, 0.4) is 0 Å². The van der Waals surface area contributed by atoms with Crippen LogP contribution in [0.5, 0.6) is 17.2 Å². The van der Waals surface area contributed by atoms with E-state index in [2.05, 4.69) is 5.32 Å². The average molecular weight is 351 g/mol. The van der Waals surface area contributed by atoms with E-state index in [0.29, 0.717) is 23.7 Å². The molecular formula is C18H19F2NO4. The molecule has 134 valence electrons. The van der Waals surface area contributed by atoms with Crippen molar-refractivity contribution in [2.24, 2.45) is 0 Å². The van der Waals surface area contributed by atoms with E-state index in [1.165, 1.54) is 21.3 Å². The van der Waals surface area contributed by atoms with Gasteiger partial charge in [0, 0.05) is 18.2 Å². The molecule has 2 aromatic rings. The van der Waals surface area contributed by atoms with Crippen molar-refractivity contribution in [1.82, 2.24) is 0 Å². The minimum absolute atomic E-state index is 0.0711. The second-order valence-corrected chi connectivity index (χ2v) is 5.20. The van der Waals surface area contributed by atoms with Gasteiger partial charge in [-0.1, -0.05) is 6.07 Å². The molecule has 0 aliphatic rings. The van der Waals surface area contributed by atoms with Gasteiger partial charge < -0.3 is 19.5 Å². The van der Waals surface area contributed by atoms with Crippen molar-refractivity contribution in [3.05, 3.63) is 47.5 Å². The van der Waals surface area contributed by atoms with E-state index in [1.807, 2.05) is 0 Å². The lowest BCUT2D eigenvalue weighted by Gasteiger charge is -2.15. The maximum Gasteiger partial charge on any atom is 0.224 e. The van der Waals surface area contributed by atoms with Gasteiger partial charge in [0.25, 0.3) is 0 Å². The lowest BCUT2D eigenvalue weighted by Crippen LogP contribution is -2.13. The summed E-state index contributed by atoms with van der Waals surface area (Å²) in [4.78, 5) is 12.0. The fraction of sp³-hybridized carbons (Fsp3) is 0.278. The molecule has 0 fully saturated rings. The molecular weight excluding hydrogens is 332 g/mol. The third-order valence-corrected chi connectivity index (χ3v) is 3.55. The molecule has 1 amide bonds. The van der Waals surface area contributed by atoms with Gasteiger partial charge in [-0.05, 0) is 30.2 Å². The number of benzene rings is 2. The number of amides is 1. The Morgan fingerprint density at radius 3 is 2.16 bits per heavy atom. The van der Waals surface area contributed by atoms with Crippen LogP contribution in [0, 0.1) is 11.6 Å². The van der Waals surface area contributed by atoms with E-state index in [-0.39, 0.29) is 18.0 Å². The number of hydrogen-bond donors (Lipinski definition) is 1. The summed E-state index contributed by atoms with van der Waals surface area (Å²) in [5.41, 5.74) is 0.822. The fourth-order valence-corrected chi connectivity index (χ4v) is 2.46. The van der Waals surface area contributed by atoms with Gasteiger partial charge in [0.15, 0.2) is 11.5 Å². The predicted molar refractivity (Wildman–Crippen MR) is 89.4 cm³/mol. The Balaban J connectivity index is 2.09. The molecule has 0 unspecified atom stereocenters. The van der Waals surface area contributed by atoms with Crippen LogP contribution in [0.2, 0.25) is 0 Å². The summed E-state index contributed by atoms with van der Waals surface area (Å²) in [5.74, 6) is -0.445. The highest BCUT2D eigenvalue weighted by Gasteiger charge is 2.16. The second-order valence-electron chi connectivity index (χ2n) is 5.20. The van der Waals surface area contributed by atoms with Crippen LogP contribution < -0.4 is 19.5 Å². The first kappa shape index (κ1) is 18.5. The summed E-state index contributed by atoms with van der Waals surface area (Å²) < 4.78 is 42.2. The van der Waals surface area contributed by atoms with Crippen molar-refractivity contribution >= 4 is 11.6 Å². The van der Waals surface area contributed by atoms with E-state index in [1.54, 1.807) is 12.1 Å². The average Bonchev–Trinajstić information content (AvgIpc) is 2.57. The van der Waals surface area contributed by atoms with Gasteiger partial charge in [-0.25, -0.2) is 8.78 Å². The highest BCUT2D eigenvalue weighted by molar-refractivity contribution is 5.90. The number of rotatable bonds is 7. The first-order chi connectivity index (χ1) is 12.0. The lowest BCUT2D eigenvalue weighted by molar-refractivity contribution is -0.116. The van der Waals surface area contributed by atoms with E-state index < -0.39 is 11.6 Å². The molecule has 5 nitrogen and oxygen atoms in total. The smallest absolute Gasteiger partial charge is 0.224 e. The Morgan fingerprint density at radius 2 is 1.60 bits per heavy atom. The molecule has 0 bridgehead atoms. The van der Waals surface area contributed by atoms with Gasteiger partial charge in [0.1, 0.15) is 11.6 Å². The van der Waals surface area contributed by atoms with Crippen molar-refractivity contribution in [1.29, 1.82) is 0 Å². The third kappa shape index (κ3) is 4.59. The van der Waals surface area contributed by atoms with Crippen LogP contribution in [0.1, 0.15) is 12.0 Å². The van der Waals surface area contributed by atoms with Crippen LogP contribution in [0.15, 0.2) is 30.3 Å². The molecule has 0 heterocycles. The maximum atomic E-state index is 13.1. The minimum atomic E-state index is -0.753. The molecule has 7 heteroatoms. The largest absolute Gasteiger partial charge is 0.493 e. The van der Waals surface area contributed by atoms with Gasteiger partial charge in [0.2, 0.25) is 11.7 Å². The number of methoxy groups -OCH3 is 3. The summed E-state index contributed by atoms with van der Waals surface area (Å²) in [6, 6.07) is 6.34. The zero-order valence-electron chi connectivity index (χ0n) is 14.2. The highest BCUT2D eigenvalue weighted by atomic mass is 19.1. The van der Waals surface area contributed by atoms with Crippen molar-refractivity contribution in [2.75, 3.05) is 26.6 Å². The number of nitrogens with one attached hydrogen (secondary N) is 1. The van der Waals surface area contributed by atoms with Gasteiger partial charge in [-0.15, -0.1) is 0 Å². The number of aryl methyl sites for hydroxylation is 1. The predicted octanol–water partition coefficient (Wildman–Crippen LogP) is 3.56. The van der Waals surface area contributed by atoms with Gasteiger partial charge in [-0.2, -0.15) is 0 Å². The van der Waals surface area contributed by atoms with E-state index in [4.69, 9.17) is 14.2 Å². The fourth-order valence-electron chi connectivity index (χ4n) is 2.46. The Hall–Kier alpha value is -2.83. The number of anilines is 1. The molecule has 0 aliphatic carbocycles. The third-order valence-electron chi connectivity index (χ3n) is 3.55. The van der Waals surface area contributed by atoms with E-state index >= 15 is 0 Å². The van der Waals surface area contributed by atoms with Crippen LogP contribution in [-0.4, -0.2) is 27.2 Å². The SMILES string of the molecule is COc1ccc(CCC(=O)Nc2cc(F)cc(F)c2)c(OC)c1OC. The van der Waals surface area contributed by atoms with Crippen LogP contribution in [0.25, 0.3) is 0 Å². The number of halogens is 2. The van der Waals surface area contributed by atoms with Crippen molar-refractivity contribution in [3.8, 4) is 17.2 Å².